The van der Waals surface area contributed by atoms with E-state index in [-0.39, 0.29) is 5.41 Å². The van der Waals surface area contributed by atoms with E-state index >= 15 is 0 Å². The van der Waals surface area contributed by atoms with Crippen LogP contribution < -0.4 is 4.90 Å². The predicted molar refractivity (Wildman–Crippen MR) is 92.6 cm³/mol. The minimum atomic E-state index is -0.250. The van der Waals surface area contributed by atoms with Gasteiger partial charge in [0.25, 0.3) is 0 Å². The molecule has 1 spiro atoms. The van der Waals surface area contributed by atoms with Crippen molar-refractivity contribution in [2.45, 2.75) is 19.3 Å². The molecule has 0 saturated carbocycles. The quantitative estimate of drug-likeness (QED) is 0.835. The van der Waals surface area contributed by atoms with Crippen LogP contribution in [0.2, 0.25) is 0 Å². The zero-order valence-corrected chi connectivity index (χ0v) is 14.5. The number of anilines is 1. The van der Waals surface area contributed by atoms with Gasteiger partial charge in [0, 0.05) is 38.9 Å². The number of likely N-dealkylation sites (N-methyl/N-ethyl adjacent to an activating group) is 1. The summed E-state index contributed by atoms with van der Waals surface area (Å²) in [6, 6.07) is 5.78. The summed E-state index contributed by atoms with van der Waals surface area (Å²) in [6.45, 7) is 4.24. The van der Waals surface area contributed by atoms with Crippen molar-refractivity contribution < 1.29 is 4.79 Å². The van der Waals surface area contributed by atoms with Crippen LogP contribution in [-0.2, 0) is 4.79 Å². The van der Waals surface area contributed by atoms with Crippen molar-refractivity contribution in [2.24, 2.45) is 5.41 Å². The van der Waals surface area contributed by atoms with E-state index in [0.29, 0.717) is 11.5 Å². The summed E-state index contributed by atoms with van der Waals surface area (Å²) >= 11 is 0. The van der Waals surface area contributed by atoms with Gasteiger partial charge in [-0.05, 0) is 45.5 Å². The lowest BCUT2D eigenvalue weighted by Gasteiger charge is -2.39. The Morgan fingerprint density at radius 2 is 2.17 bits per heavy atom. The first-order valence-corrected chi connectivity index (χ1v) is 8.59. The Kier molecular flexibility index (Phi) is 4.72. The van der Waals surface area contributed by atoms with E-state index in [9.17, 15) is 4.79 Å². The zero-order chi connectivity index (χ0) is 17.2. The molecule has 1 aromatic rings. The molecule has 6 heteroatoms. The average Bonchev–Trinajstić information content (AvgIpc) is 2.89. The predicted octanol–water partition coefficient (Wildman–Crippen LogP) is 1.33. The van der Waals surface area contributed by atoms with E-state index in [1.807, 2.05) is 25.1 Å². The maximum Gasteiger partial charge on any atom is 0.230 e. The van der Waals surface area contributed by atoms with Gasteiger partial charge in [-0.3, -0.25) is 4.79 Å². The van der Waals surface area contributed by atoms with Crippen LogP contribution in [0.1, 0.15) is 24.8 Å². The Bertz CT molecular complexity index is 636. The molecular formula is C18H25N5O. The van der Waals surface area contributed by atoms with Crippen molar-refractivity contribution in [3.63, 3.8) is 0 Å². The third-order valence-corrected chi connectivity index (χ3v) is 5.20. The average molecular weight is 327 g/mol. The molecule has 24 heavy (non-hydrogen) atoms. The SMILES string of the molecule is CN(C)CCN1CCC2(CCCN(c3ccc(C#N)cn3)C2)C1=O. The Morgan fingerprint density at radius 3 is 2.83 bits per heavy atom. The number of nitrogens with zero attached hydrogens (tertiary/aromatic N) is 5. The summed E-state index contributed by atoms with van der Waals surface area (Å²) < 4.78 is 0. The fourth-order valence-electron chi connectivity index (χ4n) is 3.77. The maximum absolute atomic E-state index is 13.0. The maximum atomic E-state index is 13.0. The fraction of sp³-hybridized carbons (Fsp3) is 0.611. The van der Waals surface area contributed by atoms with Gasteiger partial charge < -0.3 is 14.7 Å². The monoisotopic (exact) mass is 327 g/mol. The van der Waals surface area contributed by atoms with Gasteiger partial charge in [0.1, 0.15) is 11.9 Å². The Labute approximate surface area is 143 Å². The van der Waals surface area contributed by atoms with E-state index in [1.165, 1.54) is 0 Å². The molecule has 0 aromatic carbocycles. The third kappa shape index (κ3) is 3.22. The molecule has 2 aliphatic rings. The smallest absolute Gasteiger partial charge is 0.230 e. The molecule has 2 saturated heterocycles. The summed E-state index contributed by atoms with van der Waals surface area (Å²) in [6.07, 6.45) is 4.52. The van der Waals surface area contributed by atoms with Crippen molar-refractivity contribution in [3.8, 4) is 6.07 Å². The van der Waals surface area contributed by atoms with E-state index in [4.69, 9.17) is 5.26 Å². The number of nitriles is 1. The Balaban J connectivity index is 1.70. The second kappa shape index (κ2) is 6.78. The molecule has 1 amide bonds. The highest BCUT2D eigenvalue weighted by molar-refractivity contribution is 5.85. The molecule has 0 radical (unpaired) electrons. The molecule has 1 unspecified atom stereocenters. The van der Waals surface area contributed by atoms with Gasteiger partial charge in [0.2, 0.25) is 5.91 Å². The third-order valence-electron chi connectivity index (χ3n) is 5.20. The second-order valence-corrected chi connectivity index (χ2v) is 7.17. The normalized spacial score (nSPS) is 24.0. The Hall–Kier alpha value is -2.13. The number of piperidine rings is 1. The molecule has 3 heterocycles. The van der Waals surface area contributed by atoms with Gasteiger partial charge in [-0.15, -0.1) is 0 Å². The molecule has 0 bridgehead atoms. The van der Waals surface area contributed by atoms with Crippen molar-refractivity contribution in [2.75, 3.05) is 51.7 Å². The minimum Gasteiger partial charge on any atom is -0.356 e. The number of rotatable bonds is 4. The fourth-order valence-corrected chi connectivity index (χ4v) is 3.77. The first-order chi connectivity index (χ1) is 11.5. The van der Waals surface area contributed by atoms with E-state index < -0.39 is 0 Å². The van der Waals surface area contributed by atoms with Gasteiger partial charge >= 0.3 is 0 Å². The molecule has 2 aliphatic heterocycles. The molecular weight excluding hydrogens is 302 g/mol. The highest BCUT2D eigenvalue weighted by atomic mass is 16.2. The molecule has 0 N–H and O–H groups in total. The van der Waals surface area contributed by atoms with Crippen LogP contribution in [0.4, 0.5) is 5.82 Å². The van der Waals surface area contributed by atoms with Crippen LogP contribution in [-0.4, -0.2) is 67.5 Å². The summed E-state index contributed by atoms with van der Waals surface area (Å²) in [7, 11) is 4.07. The second-order valence-electron chi connectivity index (χ2n) is 7.17. The van der Waals surface area contributed by atoms with Crippen LogP contribution >= 0.6 is 0 Å². The van der Waals surface area contributed by atoms with Crippen molar-refractivity contribution >= 4 is 11.7 Å². The standard InChI is InChI=1S/C18H25N5O/c1-21(2)10-11-22-9-7-18(17(22)24)6-3-8-23(14-18)16-5-4-15(12-19)13-20-16/h4-5,13H,3,6-11,14H2,1-2H3. The number of aromatic nitrogens is 1. The van der Waals surface area contributed by atoms with Gasteiger partial charge in [-0.25, -0.2) is 4.98 Å². The van der Waals surface area contributed by atoms with Crippen molar-refractivity contribution in [3.05, 3.63) is 23.9 Å². The van der Waals surface area contributed by atoms with E-state index in [2.05, 4.69) is 20.9 Å². The first-order valence-electron chi connectivity index (χ1n) is 8.59. The van der Waals surface area contributed by atoms with E-state index in [1.54, 1.807) is 12.3 Å². The summed E-state index contributed by atoms with van der Waals surface area (Å²) in [5.41, 5.74) is 0.317. The van der Waals surface area contributed by atoms with Crippen LogP contribution in [0.3, 0.4) is 0 Å². The number of pyridine rings is 1. The van der Waals surface area contributed by atoms with Crippen LogP contribution in [0.25, 0.3) is 0 Å². The van der Waals surface area contributed by atoms with Gasteiger partial charge in [-0.1, -0.05) is 0 Å². The summed E-state index contributed by atoms with van der Waals surface area (Å²) in [4.78, 5) is 23.7. The number of likely N-dealkylation sites (tertiary alicyclic amines) is 1. The van der Waals surface area contributed by atoms with Crippen LogP contribution in [0.15, 0.2) is 18.3 Å². The number of amides is 1. The largest absolute Gasteiger partial charge is 0.356 e. The zero-order valence-electron chi connectivity index (χ0n) is 14.5. The lowest BCUT2D eigenvalue weighted by Crippen LogP contribution is -2.48. The minimum absolute atomic E-state index is 0.250. The molecule has 1 atom stereocenters. The highest BCUT2D eigenvalue weighted by Gasteiger charge is 2.48. The van der Waals surface area contributed by atoms with Crippen molar-refractivity contribution in [1.29, 1.82) is 5.26 Å². The summed E-state index contributed by atoms with van der Waals surface area (Å²) in [5, 5.41) is 8.90. The van der Waals surface area contributed by atoms with Gasteiger partial charge in [0.15, 0.2) is 0 Å². The topological polar surface area (TPSA) is 63.5 Å². The number of carbonyl (C=O) groups is 1. The van der Waals surface area contributed by atoms with E-state index in [0.717, 1.165) is 57.8 Å². The summed E-state index contributed by atoms with van der Waals surface area (Å²) in [5.74, 6) is 1.18. The highest BCUT2D eigenvalue weighted by Crippen LogP contribution is 2.41. The molecule has 128 valence electrons. The van der Waals surface area contributed by atoms with Crippen LogP contribution in [0.5, 0.6) is 0 Å². The molecule has 1 aromatic heterocycles. The molecule has 2 fully saturated rings. The van der Waals surface area contributed by atoms with Gasteiger partial charge in [0.05, 0.1) is 11.0 Å². The molecule has 6 nitrogen and oxygen atoms in total. The van der Waals surface area contributed by atoms with Crippen LogP contribution in [0, 0.1) is 16.7 Å². The number of hydrogen-bond acceptors (Lipinski definition) is 5. The Morgan fingerprint density at radius 1 is 1.33 bits per heavy atom. The lowest BCUT2D eigenvalue weighted by molar-refractivity contribution is -0.136. The number of hydrogen-bond donors (Lipinski definition) is 0. The number of carbonyl (C=O) groups excluding carboxylic acids is 1. The lowest BCUT2D eigenvalue weighted by atomic mass is 9.78. The molecule has 0 aliphatic carbocycles. The first kappa shape index (κ1) is 16.7. The molecule has 3 rings (SSSR count). The van der Waals surface area contributed by atoms with Gasteiger partial charge in [-0.2, -0.15) is 5.26 Å². The van der Waals surface area contributed by atoms with Crippen molar-refractivity contribution in [1.82, 2.24) is 14.8 Å².